The zero-order chi connectivity index (χ0) is 41.9. The van der Waals surface area contributed by atoms with Gasteiger partial charge in [0.15, 0.2) is 0 Å². The monoisotopic (exact) mass is 805 g/mol. The van der Waals surface area contributed by atoms with Crippen LogP contribution in [0.4, 0.5) is 0 Å². The summed E-state index contributed by atoms with van der Waals surface area (Å²) in [6, 6.07) is -4.74. The fraction of sp³-hybridized carbons (Fsp3) is 0.738. The van der Waals surface area contributed by atoms with Crippen LogP contribution in [0.25, 0.3) is 0 Å². The van der Waals surface area contributed by atoms with E-state index in [2.05, 4.69) is 36.1 Å². The van der Waals surface area contributed by atoms with Crippen molar-refractivity contribution in [2.24, 2.45) is 17.3 Å². The van der Waals surface area contributed by atoms with Crippen LogP contribution < -0.4 is 21.3 Å². The van der Waals surface area contributed by atoms with E-state index in [-0.39, 0.29) is 54.9 Å². The molecule has 0 bridgehead atoms. The van der Waals surface area contributed by atoms with Gasteiger partial charge in [-0.25, -0.2) is 4.98 Å². The SMILES string of the molecule is CCN1C(=O)[C@@H]2CCCN2C12C[C@@H](C(=O)NC(CCC(C)C)C(=O)C(=O)NC1CC1)N(C(=O)[C@@H](NC(=O)[C@@H](NC(=O)c1cnccn1)C1CCCCC1)C(C)(C)C)C2. The Balaban J connectivity index is 1.31. The summed E-state index contributed by atoms with van der Waals surface area (Å²) in [7, 11) is 0. The van der Waals surface area contributed by atoms with Crippen LogP contribution in [-0.2, 0) is 28.8 Å². The largest absolute Gasteiger partial charge is 0.347 e. The molecule has 2 aliphatic carbocycles. The van der Waals surface area contributed by atoms with E-state index in [1.54, 1.807) is 4.90 Å². The predicted molar refractivity (Wildman–Crippen MR) is 213 cm³/mol. The minimum atomic E-state index is -1.14. The van der Waals surface area contributed by atoms with Gasteiger partial charge in [-0.15, -0.1) is 0 Å². The lowest BCUT2D eigenvalue weighted by molar-refractivity contribution is -0.145. The number of fused-ring (bicyclic) bond motifs is 2. The minimum absolute atomic E-state index is 0.0185. The van der Waals surface area contributed by atoms with Crippen molar-refractivity contribution in [3.05, 3.63) is 24.3 Å². The molecule has 4 N–H and O–H groups in total. The van der Waals surface area contributed by atoms with E-state index in [4.69, 9.17) is 0 Å². The average Bonchev–Trinajstić information content (AvgIpc) is 3.62. The minimum Gasteiger partial charge on any atom is -0.347 e. The first-order valence-corrected chi connectivity index (χ1v) is 21.5. The molecule has 5 fully saturated rings. The quantitative estimate of drug-likeness (QED) is 0.190. The molecule has 0 aromatic carbocycles. The summed E-state index contributed by atoms with van der Waals surface area (Å²) >= 11 is 0. The number of rotatable bonds is 15. The molecule has 6 atom stereocenters. The molecule has 16 nitrogen and oxygen atoms in total. The molecule has 0 radical (unpaired) electrons. The highest BCUT2D eigenvalue weighted by Crippen LogP contribution is 2.46. The zero-order valence-corrected chi connectivity index (χ0v) is 35.1. The molecule has 16 heteroatoms. The molecule has 4 heterocycles. The van der Waals surface area contributed by atoms with Gasteiger partial charge in [0.25, 0.3) is 11.8 Å². The van der Waals surface area contributed by atoms with Crippen LogP contribution in [0.2, 0.25) is 0 Å². The molecule has 58 heavy (non-hydrogen) atoms. The van der Waals surface area contributed by atoms with Gasteiger partial charge in [-0.3, -0.25) is 43.4 Å². The number of nitrogens with one attached hydrogen (secondary N) is 4. The van der Waals surface area contributed by atoms with Crippen LogP contribution in [0.1, 0.15) is 129 Å². The summed E-state index contributed by atoms with van der Waals surface area (Å²) in [5.74, 6) is -3.64. The Labute approximate surface area is 341 Å². The highest BCUT2D eigenvalue weighted by atomic mass is 16.2. The predicted octanol–water partition coefficient (Wildman–Crippen LogP) is 2.08. The molecule has 5 aliphatic rings. The molecule has 1 aromatic rings. The van der Waals surface area contributed by atoms with Gasteiger partial charge in [0.1, 0.15) is 29.5 Å². The fourth-order valence-electron chi connectivity index (χ4n) is 9.47. The summed E-state index contributed by atoms with van der Waals surface area (Å²) < 4.78 is 0. The van der Waals surface area contributed by atoms with Gasteiger partial charge in [0.2, 0.25) is 29.4 Å². The number of likely N-dealkylation sites (N-methyl/N-ethyl adjacent to an activating group) is 1. The first-order chi connectivity index (χ1) is 27.5. The van der Waals surface area contributed by atoms with Crippen molar-refractivity contribution in [2.45, 2.75) is 161 Å². The normalized spacial score (nSPS) is 25.3. The number of carbonyl (C=O) groups is 7. The summed E-state index contributed by atoms with van der Waals surface area (Å²) in [5.41, 5.74) is -1.77. The Morgan fingerprint density at radius 3 is 2.26 bits per heavy atom. The van der Waals surface area contributed by atoms with E-state index in [1.165, 1.54) is 23.5 Å². The van der Waals surface area contributed by atoms with Gasteiger partial charge in [0.05, 0.1) is 24.8 Å². The van der Waals surface area contributed by atoms with Crippen molar-refractivity contribution in [3.63, 3.8) is 0 Å². The number of amides is 6. The topological polar surface area (TPSA) is 203 Å². The zero-order valence-electron chi connectivity index (χ0n) is 35.1. The third-order valence-electron chi connectivity index (χ3n) is 12.8. The number of carbonyl (C=O) groups excluding carboxylic acids is 7. The Hall–Kier alpha value is -4.47. The highest BCUT2D eigenvalue weighted by molar-refractivity contribution is 6.38. The van der Waals surface area contributed by atoms with Gasteiger partial charge in [-0.2, -0.15) is 0 Å². The molecular formula is C42H63N9O7. The molecule has 6 rings (SSSR count). The highest BCUT2D eigenvalue weighted by Gasteiger charge is 2.64. The summed E-state index contributed by atoms with van der Waals surface area (Å²) in [4.78, 5) is 112. The van der Waals surface area contributed by atoms with Gasteiger partial charge < -0.3 is 31.1 Å². The maximum absolute atomic E-state index is 15.2. The average molecular weight is 806 g/mol. The first kappa shape index (κ1) is 43.1. The third-order valence-corrected chi connectivity index (χ3v) is 12.8. The van der Waals surface area contributed by atoms with E-state index in [9.17, 15) is 28.8 Å². The van der Waals surface area contributed by atoms with E-state index in [0.29, 0.717) is 25.9 Å². The van der Waals surface area contributed by atoms with Crippen LogP contribution >= 0.6 is 0 Å². The van der Waals surface area contributed by atoms with E-state index < -0.39 is 70.6 Å². The molecule has 1 aromatic heterocycles. The number of hydrogen-bond acceptors (Lipinski definition) is 10. The summed E-state index contributed by atoms with van der Waals surface area (Å²) in [6.07, 6.45) is 12.4. The molecule has 3 aliphatic heterocycles. The third kappa shape index (κ3) is 9.21. The van der Waals surface area contributed by atoms with Gasteiger partial charge in [-0.1, -0.05) is 53.9 Å². The van der Waals surface area contributed by atoms with Gasteiger partial charge >= 0.3 is 0 Å². The van der Waals surface area contributed by atoms with Crippen molar-refractivity contribution in [1.29, 1.82) is 0 Å². The number of nitrogens with zero attached hydrogens (tertiary/aromatic N) is 5. The number of aromatic nitrogens is 2. The van der Waals surface area contributed by atoms with E-state index in [0.717, 1.165) is 51.4 Å². The summed E-state index contributed by atoms with van der Waals surface area (Å²) in [6.45, 7) is 12.4. The Kier molecular flexibility index (Phi) is 13.2. The molecule has 6 amide bonds. The smallest absolute Gasteiger partial charge is 0.289 e. The lowest BCUT2D eigenvalue weighted by Gasteiger charge is -2.40. The Morgan fingerprint density at radius 2 is 1.64 bits per heavy atom. The lowest BCUT2D eigenvalue weighted by atomic mass is 9.82. The fourth-order valence-corrected chi connectivity index (χ4v) is 9.47. The Morgan fingerprint density at radius 1 is 0.914 bits per heavy atom. The van der Waals surface area contributed by atoms with Gasteiger partial charge in [-0.05, 0) is 75.5 Å². The van der Waals surface area contributed by atoms with Crippen LogP contribution in [0.15, 0.2) is 18.6 Å². The Bertz CT molecular complexity index is 1720. The maximum Gasteiger partial charge on any atom is 0.289 e. The summed E-state index contributed by atoms with van der Waals surface area (Å²) in [5, 5.41) is 11.6. The van der Waals surface area contributed by atoms with E-state index in [1.807, 2.05) is 41.5 Å². The molecule has 3 saturated heterocycles. The van der Waals surface area contributed by atoms with Gasteiger partial charge in [0, 0.05) is 37.9 Å². The van der Waals surface area contributed by atoms with Crippen molar-refractivity contribution in [2.75, 3.05) is 19.6 Å². The van der Waals surface area contributed by atoms with Crippen LogP contribution in [-0.4, -0.2) is 127 Å². The van der Waals surface area contributed by atoms with Crippen molar-refractivity contribution in [1.82, 2.24) is 45.9 Å². The molecule has 318 valence electrons. The van der Waals surface area contributed by atoms with Crippen molar-refractivity contribution < 1.29 is 33.6 Å². The molecular weight excluding hydrogens is 743 g/mol. The molecule has 2 unspecified atom stereocenters. The first-order valence-electron chi connectivity index (χ1n) is 21.5. The number of Topliss-reactive ketones (excluding diaryl/α,β-unsaturated/α-hetero) is 1. The lowest BCUT2D eigenvalue weighted by Crippen LogP contribution is -2.62. The molecule has 1 spiro atoms. The standard InChI is InChI=1S/C42H63N9O7/c1-7-50-39(57)30-14-11-21-51(30)42(50)22-31(36(54)46-28(18-15-25(2)3)33(52)38(56)45-27-16-17-27)49(24-42)40(58)34(41(4,5)6)48-37(55)32(26-12-9-8-10-13-26)47-35(53)29-23-43-19-20-44-29/h19-20,23,25-28,30-32,34H,7-18,21-22,24H2,1-6H3,(H,45,56)(H,46,54)(H,47,53)(H,48,55)/t28?,30-,31-,32-,34+,42?/m0/s1. The van der Waals surface area contributed by atoms with Crippen LogP contribution in [0, 0.1) is 17.3 Å². The maximum atomic E-state index is 15.2. The second-order valence-electron chi connectivity index (χ2n) is 18.5. The van der Waals surface area contributed by atoms with Crippen LogP contribution in [0.5, 0.6) is 0 Å². The van der Waals surface area contributed by atoms with Crippen molar-refractivity contribution in [3.8, 4) is 0 Å². The molecule has 2 saturated carbocycles. The second-order valence-corrected chi connectivity index (χ2v) is 18.5. The number of likely N-dealkylation sites (tertiary alicyclic amines) is 1. The number of ketones is 1. The second kappa shape index (κ2) is 17.8. The van der Waals surface area contributed by atoms with Crippen molar-refractivity contribution >= 4 is 41.2 Å². The van der Waals surface area contributed by atoms with Crippen LogP contribution in [0.3, 0.4) is 0 Å². The van der Waals surface area contributed by atoms with E-state index >= 15 is 4.79 Å². The number of hydrogen-bond donors (Lipinski definition) is 4.